The average Bonchev–Trinajstić information content (AvgIpc) is 3.11. The number of hydrogen-bond acceptors (Lipinski definition) is 6. The zero-order valence-corrected chi connectivity index (χ0v) is 16.7. The third kappa shape index (κ3) is 3.62. The number of imidazole rings is 1. The Kier molecular flexibility index (Phi) is 5.08. The van der Waals surface area contributed by atoms with E-state index in [4.69, 9.17) is 4.74 Å². The first-order valence-electron chi connectivity index (χ1n) is 9.34. The van der Waals surface area contributed by atoms with Crippen molar-refractivity contribution in [3.8, 4) is 0 Å². The quantitative estimate of drug-likeness (QED) is 0.700. The highest BCUT2D eigenvalue weighted by Gasteiger charge is 2.37. The van der Waals surface area contributed by atoms with Gasteiger partial charge in [-0.25, -0.2) is 9.97 Å². The van der Waals surface area contributed by atoms with Gasteiger partial charge in [0.15, 0.2) is 0 Å². The topological polar surface area (TPSA) is 100 Å². The molecule has 152 valence electrons. The second-order valence-electron chi connectivity index (χ2n) is 7.23. The summed E-state index contributed by atoms with van der Waals surface area (Å²) >= 11 is 0. The van der Waals surface area contributed by atoms with E-state index in [1.54, 1.807) is 34.0 Å². The van der Waals surface area contributed by atoms with Gasteiger partial charge in [0, 0.05) is 57.9 Å². The van der Waals surface area contributed by atoms with Gasteiger partial charge in [-0.05, 0) is 19.9 Å². The third-order valence-corrected chi connectivity index (χ3v) is 6.99. The summed E-state index contributed by atoms with van der Waals surface area (Å²) in [5.74, 6) is 0.249. The fourth-order valence-corrected chi connectivity index (χ4v) is 5.45. The standard InChI is InChI=1S/C17H24N6O4S/c1-13-10-23(11-14(2)27-13)28(25,26)22-8-6-20(7-9-22)16(24)15-12-21-5-3-4-18-17(21)19-15/h3-5,12-14H,6-11H2,1-2H3/t13-,14+. The minimum Gasteiger partial charge on any atom is -0.373 e. The van der Waals surface area contributed by atoms with Crippen molar-refractivity contribution in [1.29, 1.82) is 0 Å². The van der Waals surface area contributed by atoms with E-state index in [0.717, 1.165) is 0 Å². The molecule has 0 bridgehead atoms. The van der Waals surface area contributed by atoms with Gasteiger partial charge in [-0.3, -0.25) is 9.20 Å². The van der Waals surface area contributed by atoms with Crippen LogP contribution in [0.5, 0.6) is 0 Å². The maximum Gasteiger partial charge on any atom is 0.282 e. The fourth-order valence-electron chi connectivity index (χ4n) is 3.70. The van der Waals surface area contributed by atoms with Crippen LogP contribution in [0.1, 0.15) is 24.3 Å². The molecule has 0 aromatic carbocycles. The van der Waals surface area contributed by atoms with Crippen LogP contribution in [0.2, 0.25) is 0 Å². The summed E-state index contributed by atoms with van der Waals surface area (Å²) in [6, 6.07) is 1.76. The Morgan fingerprint density at radius 2 is 1.79 bits per heavy atom. The average molecular weight is 408 g/mol. The summed E-state index contributed by atoms with van der Waals surface area (Å²) in [7, 11) is -3.57. The first-order valence-corrected chi connectivity index (χ1v) is 10.7. The Morgan fingerprint density at radius 3 is 2.43 bits per heavy atom. The van der Waals surface area contributed by atoms with Gasteiger partial charge in [0.2, 0.25) is 5.78 Å². The largest absolute Gasteiger partial charge is 0.373 e. The molecule has 10 nitrogen and oxygen atoms in total. The maximum absolute atomic E-state index is 13.0. The number of nitrogens with zero attached hydrogens (tertiary/aromatic N) is 6. The smallest absolute Gasteiger partial charge is 0.282 e. The van der Waals surface area contributed by atoms with Gasteiger partial charge in [-0.15, -0.1) is 0 Å². The molecule has 11 heteroatoms. The maximum atomic E-state index is 13.0. The molecule has 2 saturated heterocycles. The molecule has 0 saturated carbocycles. The van der Waals surface area contributed by atoms with E-state index in [0.29, 0.717) is 37.7 Å². The van der Waals surface area contributed by atoms with Gasteiger partial charge in [-0.2, -0.15) is 17.0 Å². The number of rotatable bonds is 3. The Hall–Kier alpha value is -2.08. The van der Waals surface area contributed by atoms with E-state index in [2.05, 4.69) is 9.97 Å². The van der Waals surface area contributed by atoms with Crippen molar-refractivity contribution in [1.82, 2.24) is 27.9 Å². The Labute approximate surface area is 163 Å². The van der Waals surface area contributed by atoms with E-state index in [1.807, 2.05) is 13.8 Å². The number of amides is 1. The Bertz CT molecular complexity index is 926. The monoisotopic (exact) mass is 408 g/mol. The number of carbonyl (C=O) groups is 1. The van der Waals surface area contributed by atoms with Crippen molar-refractivity contribution < 1.29 is 17.9 Å². The number of fused-ring (bicyclic) bond motifs is 1. The highest BCUT2D eigenvalue weighted by Crippen LogP contribution is 2.19. The van der Waals surface area contributed by atoms with E-state index < -0.39 is 10.2 Å². The minimum absolute atomic E-state index is 0.134. The van der Waals surface area contributed by atoms with Crippen molar-refractivity contribution in [2.24, 2.45) is 0 Å². The number of carbonyl (C=O) groups excluding carboxylic acids is 1. The van der Waals surface area contributed by atoms with Crippen molar-refractivity contribution in [2.45, 2.75) is 26.1 Å². The zero-order valence-electron chi connectivity index (χ0n) is 15.9. The lowest BCUT2D eigenvalue weighted by Crippen LogP contribution is -2.57. The van der Waals surface area contributed by atoms with Crippen molar-refractivity contribution in [3.63, 3.8) is 0 Å². The van der Waals surface area contributed by atoms with Crippen LogP contribution < -0.4 is 0 Å². The molecule has 0 aliphatic carbocycles. The van der Waals surface area contributed by atoms with Crippen molar-refractivity contribution >= 4 is 21.9 Å². The predicted molar refractivity (Wildman–Crippen MR) is 101 cm³/mol. The number of aromatic nitrogens is 3. The minimum atomic E-state index is -3.57. The van der Waals surface area contributed by atoms with Crippen LogP contribution in [0.3, 0.4) is 0 Å². The summed E-state index contributed by atoms with van der Waals surface area (Å²) in [4.78, 5) is 22.7. The molecular weight excluding hydrogens is 384 g/mol. The van der Waals surface area contributed by atoms with Gasteiger partial charge in [0.05, 0.1) is 12.2 Å². The number of hydrogen-bond donors (Lipinski definition) is 0. The van der Waals surface area contributed by atoms with Gasteiger partial charge in [0.25, 0.3) is 16.1 Å². The molecule has 0 radical (unpaired) electrons. The Morgan fingerprint density at radius 1 is 1.11 bits per heavy atom. The lowest BCUT2D eigenvalue weighted by atomic mass is 10.3. The summed E-state index contributed by atoms with van der Waals surface area (Å²) in [5.41, 5.74) is 0.311. The fraction of sp³-hybridized carbons (Fsp3) is 0.588. The number of ether oxygens (including phenoxy) is 1. The SMILES string of the molecule is C[C@@H]1CN(S(=O)(=O)N2CCN(C(=O)c3cn4cccnc4n3)CC2)C[C@H](C)O1. The van der Waals surface area contributed by atoms with Crippen LogP contribution in [0.4, 0.5) is 0 Å². The molecule has 0 spiro atoms. The van der Waals surface area contributed by atoms with Gasteiger partial charge in [-0.1, -0.05) is 0 Å². The van der Waals surface area contributed by atoms with Gasteiger partial charge < -0.3 is 9.64 Å². The van der Waals surface area contributed by atoms with E-state index in [9.17, 15) is 13.2 Å². The van der Waals surface area contributed by atoms with Crippen LogP contribution in [0.15, 0.2) is 24.7 Å². The molecule has 4 heterocycles. The molecule has 28 heavy (non-hydrogen) atoms. The molecule has 0 N–H and O–H groups in total. The molecule has 2 fully saturated rings. The molecule has 2 aliphatic heterocycles. The lowest BCUT2D eigenvalue weighted by molar-refractivity contribution is -0.0457. The predicted octanol–water partition coefficient (Wildman–Crippen LogP) is -0.159. The third-order valence-electron chi connectivity index (χ3n) is 5.02. The number of piperazine rings is 1. The highest BCUT2D eigenvalue weighted by molar-refractivity contribution is 7.86. The van der Waals surface area contributed by atoms with E-state index in [-0.39, 0.29) is 31.2 Å². The molecule has 0 unspecified atom stereocenters. The molecule has 2 atom stereocenters. The molecule has 2 aliphatic rings. The van der Waals surface area contributed by atoms with E-state index >= 15 is 0 Å². The van der Waals surface area contributed by atoms with Crippen LogP contribution >= 0.6 is 0 Å². The first kappa shape index (κ1) is 19.2. The zero-order chi connectivity index (χ0) is 19.9. The molecule has 2 aromatic rings. The summed E-state index contributed by atoms with van der Waals surface area (Å²) in [6.45, 7) is 5.63. The van der Waals surface area contributed by atoms with Gasteiger partial charge >= 0.3 is 0 Å². The van der Waals surface area contributed by atoms with Crippen molar-refractivity contribution in [2.75, 3.05) is 39.3 Å². The lowest BCUT2D eigenvalue weighted by Gasteiger charge is -2.40. The summed E-state index contributed by atoms with van der Waals surface area (Å²) in [6.07, 6.45) is 4.77. The van der Waals surface area contributed by atoms with Crippen LogP contribution in [-0.2, 0) is 14.9 Å². The molecular formula is C17H24N6O4S. The highest BCUT2D eigenvalue weighted by atomic mass is 32.2. The number of morpholine rings is 1. The summed E-state index contributed by atoms with van der Waals surface area (Å²) in [5, 5.41) is 0. The van der Waals surface area contributed by atoms with E-state index in [1.165, 1.54) is 8.61 Å². The van der Waals surface area contributed by atoms with Crippen molar-refractivity contribution in [3.05, 3.63) is 30.4 Å². The second kappa shape index (κ2) is 7.39. The normalized spacial score (nSPS) is 25.3. The second-order valence-corrected chi connectivity index (χ2v) is 9.15. The Balaban J connectivity index is 1.41. The van der Waals surface area contributed by atoms with Crippen LogP contribution in [0.25, 0.3) is 5.78 Å². The first-order chi connectivity index (χ1) is 13.3. The van der Waals surface area contributed by atoms with Crippen LogP contribution in [0, 0.1) is 0 Å². The molecule has 2 aromatic heterocycles. The van der Waals surface area contributed by atoms with Crippen LogP contribution in [-0.4, -0.2) is 93.7 Å². The van der Waals surface area contributed by atoms with Gasteiger partial charge in [0.1, 0.15) is 5.69 Å². The summed E-state index contributed by atoms with van der Waals surface area (Å²) < 4.78 is 36.2. The molecule has 1 amide bonds. The molecule has 4 rings (SSSR count).